The lowest BCUT2D eigenvalue weighted by molar-refractivity contribution is -0.126. The van der Waals surface area contributed by atoms with Crippen LogP contribution in [0, 0.1) is 5.82 Å². The quantitative estimate of drug-likeness (QED) is 0.684. The van der Waals surface area contributed by atoms with Gasteiger partial charge in [0.25, 0.3) is 0 Å². The zero-order valence-corrected chi connectivity index (χ0v) is 18.0. The average molecular weight is 429 g/mol. The number of nitrogens with one attached hydrogen (secondary N) is 1. The molecule has 2 aromatic rings. The number of benzene rings is 1. The lowest BCUT2D eigenvalue weighted by Crippen LogP contribution is -2.46. The summed E-state index contributed by atoms with van der Waals surface area (Å²) >= 11 is 0. The lowest BCUT2D eigenvalue weighted by atomic mass is 10.2. The summed E-state index contributed by atoms with van der Waals surface area (Å²) in [6.07, 6.45) is 2.42. The maximum atomic E-state index is 13.8. The number of pyridine rings is 1. The minimum atomic E-state index is -0.376. The summed E-state index contributed by atoms with van der Waals surface area (Å²) in [5.74, 6) is -0.0127. The molecule has 1 aromatic carbocycles. The predicted octanol–water partition coefficient (Wildman–Crippen LogP) is 2.61. The molecule has 7 nitrogen and oxygen atoms in total. The minimum absolute atomic E-state index is 0.117. The molecule has 0 saturated carbocycles. The molecule has 31 heavy (non-hydrogen) atoms. The second-order valence-corrected chi connectivity index (χ2v) is 7.49. The highest BCUT2D eigenvalue weighted by Gasteiger charge is 2.24. The molecule has 0 radical (unpaired) electrons. The number of anilines is 1. The van der Waals surface area contributed by atoms with Crippen molar-refractivity contribution in [3.8, 4) is 0 Å². The number of esters is 1. The Morgan fingerprint density at radius 3 is 2.68 bits per heavy atom. The van der Waals surface area contributed by atoms with Gasteiger partial charge >= 0.3 is 5.97 Å². The SMILES string of the molecule is CCOC(=O)c1ccc(N2CCCN(C(C)C(=O)NCc3ccccc3F)CC2)nc1. The van der Waals surface area contributed by atoms with Crippen molar-refractivity contribution >= 4 is 17.7 Å². The van der Waals surface area contributed by atoms with Crippen LogP contribution < -0.4 is 10.2 Å². The Morgan fingerprint density at radius 2 is 1.97 bits per heavy atom. The number of amides is 1. The van der Waals surface area contributed by atoms with E-state index in [1.54, 1.807) is 31.2 Å². The molecule has 1 N–H and O–H groups in total. The summed E-state index contributed by atoms with van der Waals surface area (Å²) in [7, 11) is 0. The number of aromatic nitrogens is 1. The molecule has 1 atom stereocenters. The Labute approximate surface area is 182 Å². The van der Waals surface area contributed by atoms with Crippen molar-refractivity contribution in [1.82, 2.24) is 15.2 Å². The standard InChI is InChI=1S/C23H29FN4O3/c1-3-31-23(30)19-9-10-21(25-16-19)28-12-6-11-27(13-14-28)17(2)22(29)26-15-18-7-4-5-8-20(18)24/h4-5,7-10,16-17H,3,6,11-15H2,1-2H3,(H,26,29). The molecule has 2 heterocycles. The van der Waals surface area contributed by atoms with Crippen LogP contribution >= 0.6 is 0 Å². The Bertz CT molecular complexity index is 891. The van der Waals surface area contributed by atoms with Gasteiger partial charge in [0.15, 0.2) is 0 Å². The Morgan fingerprint density at radius 1 is 1.16 bits per heavy atom. The van der Waals surface area contributed by atoms with E-state index in [1.165, 1.54) is 12.3 Å². The fourth-order valence-corrected chi connectivity index (χ4v) is 3.60. The first-order valence-electron chi connectivity index (χ1n) is 10.6. The van der Waals surface area contributed by atoms with Crippen molar-refractivity contribution in [3.05, 3.63) is 59.5 Å². The molecule has 0 aliphatic carbocycles. The highest BCUT2D eigenvalue weighted by atomic mass is 19.1. The van der Waals surface area contributed by atoms with Gasteiger partial charge in [-0.1, -0.05) is 18.2 Å². The first-order chi connectivity index (χ1) is 15.0. The van der Waals surface area contributed by atoms with E-state index in [0.717, 1.165) is 31.9 Å². The number of nitrogens with zero attached hydrogens (tertiary/aromatic N) is 3. The molecular weight excluding hydrogens is 399 g/mol. The first kappa shape index (κ1) is 22.7. The molecule has 1 aliphatic rings. The van der Waals surface area contributed by atoms with Crippen LogP contribution in [0.15, 0.2) is 42.6 Å². The fraction of sp³-hybridized carbons (Fsp3) is 0.435. The largest absolute Gasteiger partial charge is 0.462 e. The summed E-state index contributed by atoms with van der Waals surface area (Å²) in [5, 5.41) is 2.84. The van der Waals surface area contributed by atoms with Crippen LogP contribution in [0.4, 0.5) is 10.2 Å². The van der Waals surface area contributed by atoms with Gasteiger partial charge in [0.1, 0.15) is 11.6 Å². The fourth-order valence-electron chi connectivity index (χ4n) is 3.60. The molecule has 166 valence electrons. The summed E-state index contributed by atoms with van der Waals surface area (Å²) in [6.45, 7) is 7.16. The number of carbonyl (C=O) groups is 2. The van der Waals surface area contributed by atoms with Crippen molar-refractivity contribution in [2.24, 2.45) is 0 Å². The van der Waals surface area contributed by atoms with E-state index in [2.05, 4.69) is 20.1 Å². The maximum Gasteiger partial charge on any atom is 0.339 e. The number of hydrogen-bond acceptors (Lipinski definition) is 6. The minimum Gasteiger partial charge on any atom is -0.462 e. The number of carbonyl (C=O) groups excluding carboxylic acids is 2. The zero-order valence-electron chi connectivity index (χ0n) is 18.0. The molecule has 1 amide bonds. The Kier molecular flexibility index (Phi) is 7.94. The highest BCUT2D eigenvalue weighted by Crippen LogP contribution is 2.16. The van der Waals surface area contributed by atoms with Gasteiger partial charge in [0.2, 0.25) is 5.91 Å². The van der Waals surface area contributed by atoms with Gasteiger partial charge in [0, 0.05) is 44.5 Å². The topological polar surface area (TPSA) is 74.8 Å². The van der Waals surface area contributed by atoms with Gasteiger partial charge in [-0.25, -0.2) is 14.2 Å². The summed E-state index contributed by atoms with van der Waals surface area (Å²) in [4.78, 5) is 33.1. The van der Waals surface area contributed by atoms with Gasteiger partial charge in [-0.3, -0.25) is 9.69 Å². The number of ether oxygens (including phenoxy) is 1. The molecule has 3 rings (SSSR count). The van der Waals surface area contributed by atoms with Crippen LogP contribution in [0.3, 0.4) is 0 Å². The Balaban J connectivity index is 1.53. The van der Waals surface area contributed by atoms with Crippen molar-refractivity contribution in [2.75, 3.05) is 37.7 Å². The normalized spacial score (nSPS) is 15.8. The number of hydrogen-bond donors (Lipinski definition) is 1. The molecular formula is C23H29FN4O3. The van der Waals surface area contributed by atoms with Crippen LogP contribution in [0.5, 0.6) is 0 Å². The predicted molar refractivity (Wildman–Crippen MR) is 116 cm³/mol. The van der Waals surface area contributed by atoms with E-state index >= 15 is 0 Å². The van der Waals surface area contributed by atoms with E-state index in [9.17, 15) is 14.0 Å². The van der Waals surface area contributed by atoms with E-state index in [4.69, 9.17) is 4.74 Å². The molecule has 1 unspecified atom stereocenters. The molecule has 1 aliphatic heterocycles. The van der Waals surface area contributed by atoms with Crippen LogP contribution in [0.2, 0.25) is 0 Å². The van der Waals surface area contributed by atoms with Crippen LogP contribution in [-0.2, 0) is 16.1 Å². The van der Waals surface area contributed by atoms with Gasteiger partial charge in [-0.2, -0.15) is 0 Å². The van der Waals surface area contributed by atoms with E-state index in [0.29, 0.717) is 24.3 Å². The molecule has 0 bridgehead atoms. The Hall–Kier alpha value is -3.00. The van der Waals surface area contributed by atoms with Crippen molar-refractivity contribution in [2.45, 2.75) is 32.9 Å². The first-order valence-corrected chi connectivity index (χ1v) is 10.6. The monoisotopic (exact) mass is 428 g/mol. The number of rotatable bonds is 7. The summed E-state index contributed by atoms with van der Waals surface area (Å²) in [6, 6.07) is 9.68. The van der Waals surface area contributed by atoms with Gasteiger partial charge in [-0.05, 0) is 38.5 Å². The smallest absolute Gasteiger partial charge is 0.339 e. The third kappa shape index (κ3) is 6.01. The molecule has 1 aromatic heterocycles. The summed E-state index contributed by atoms with van der Waals surface area (Å²) in [5.41, 5.74) is 0.907. The molecule has 0 spiro atoms. The van der Waals surface area contributed by atoms with Crippen molar-refractivity contribution in [3.63, 3.8) is 0 Å². The second-order valence-electron chi connectivity index (χ2n) is 7.49. The molecule has 8 heteroatoms. The number of halogens is 1. The second kappa shape index (κ2) is 10.9. The third-order valence-corrected chi connectivity index (χ3v) is 5.45. The van der Waals surface area contributed by atoms with Gasteiger partial charge in [-0.15, -0.1) is 0 Å². The third-order valence-electron chi connectivity index (χ3n) is 5.45. The summed E-state index contributed by atoms with van der Waals surface area (Å²) < 4.78 is 18.8. The molecule has 1 fully saturated rings. The van der Waals surface area contributed by atoms with Crippen LogP contribution in [-0.4, -0.2) is 60.6 Å². The van der Waals surface area contributed by atoms with Crippen molar-refractivity contribution < 1.29 is 18.7 Å². The van der Waals surface area contributed by atoms with Crippen molar-refractivity contribution in [1.29, 1.82) is 0 Å². The van der Waals surface area contributed by atoms with Gasteiger partial charge < -0.3 is 15.0 Å². The zero-order chi connectivity index (χ0) is 22.2. The molecule has 1 saturated heterocycles. The highest BCUT2D eigenvalue weighted by molar-refractivity contribution is 5.89. The average Bonchev–Trinajstić information content (AvgIpc) is 3.04. The maximum absolute atomic E-state index is 13.8. The van der Waals surface area contributed by atoms with E-state index < -0.39 is 0 Å². The van der Waals surface area contributed by atoms with Crippen LogP contribution in [0.1, 0.15) is 36.2 Å². The van der Waals surface area contributed by atoms with E-state index in [-0.39, 0.29) is 30.3 Å². The van der Waals surface area contributed by atoms with Crippen LogP contribution in [0.25, 0.3) is 0 Å². The van der Waals surface area contributed by atoms with E-state index in [1.807, 2.05) is 13.0 Å². The lowest BCUT2D eigenvalue weighted by Gasteiger charge is -2.27. The van der Waals surface area contributed by atoms with Gasteiger partial charge in [0.05, 0.1) is 18.2 Å².